The van der Waals surface area contributed by atoms with Gasteiger partial charge in [0.1, 0.15) is 0 Å². The topological polar surface area (TPSA) is 0 Å². The summed E-state index contributed by atoms with van der Waals surface area (Å²) in [5.74, 6) is 0. The van der Waals surface area contributed by atoms with Crippen molar-refractivity contribution in [1.82, 2.24) is 0 Å². The van der Waals surface area contributed by atoms with Crippen molar-refractivity contribution in [3.63, 3.8) is 0 Å². The molecule has 0 spiro atoms. The third-order valence-corrected chi connectivity index (χ3v) is 2.21. The van der Waals surface area contributed by atoms with Gasteiger partial charge in [-0.15, -0.1) is 6.58 Å². The molecule has 0 aliphatic carbocycles. The van der Waals surface area contributed by atoms with Gasteiger partial charge in [0, 0.05) is 10.1 Å². The second-order valence-electron chi connectivity index (χ2n) is 2.58. The van der Waals surface area contributed by atoms with Gasteiger partial charge >= 0.3 is 0 Å². The van der Waals surface area contributed by atoms with E-state index in [1.165, 1.54) is 0 Å². The highest BCUT2D eigenvalue weighted by molar-refractivity contribution is 6.48. The molecule has 0 saturated heterocycles. The largest absolute Gasteiger partial charge is 0.103 e. The van der Waals surface area contributed by atoms with Crippen LogP contribution in [0, 0.1) is 0 Å². The van der Waals surface area contributed by atoms with E-state index in [0.29, 0.717) is 0 Å². The Kier molecular flexibility index (Phi) is 4.07. The van der Waals surface area contributed by atoms with Crippen LogP contribution in [-0.2, 0) is 0 Å². The van der Waals surface area contributed by atoms with Crippen LogP contribution in [0.5, 0.6) is 0 Å². The van der Waals surface area contributed by atoms with E-state index in [1.54, 1.807) is 6.08 Å². The maximum Gasteiger partial charge on any atom is 0.0441 e. The zero-order valence-electron chi connectivity index (χ0n) is 7.13. The third-order valence-electron chi connectivity index (χ3n) is 1.58. The molecule has 13 heavy (non-hydrogen) atoms. The summed E-state index contributed by atoms with van der Waals surface area (Å²) in [7, 11) is 0. The summed E-state index contributed by atoms with van der Waals surface area (Å²) in [6, 6.07) is 7.43. The normalized spacial score (nSPS) is 11.4. The first-order valence-corrected chi connectivity index (χ1v) is 4.72. The Labute approximate surface area is 88.5 Å². The third kappa shape index (κ3) is 3.25. The van der Waals surface area contributed by atoms with Crippen LogP contribution in [0.1, 0.15) is 12.0 Å². The number of hydrogen-bond donors (Lipinski definition) is 0. The van der Waals surface area contributed by atoms with E-state index in [-0.39, 0.29) is 0 Å². The first-order valence-electron chi connectivity index (χ1n) is 3.96. The molecule has 1 rings (SSSR count). The van der Waals surface area contributed by atoms with E-state index in [2.05, 4.69) is 6.58 Å². The first kappa shape index (κ1) is 10.4. The molecule has 0 radical (unpaired) electrons. The highest BCUT2D eigenvalue weighted by atomic mass is 35.5. The molecule has 0 bridgehead atoms. The van der Waals surface area contributed by atoms with E-state index in [0.717, 1.165) is 22.0 Å². The van der Waals surface area contributed by atoms with E-state index >= 15 is 0 Å². The second-order valence-corrected chi connectivity index (χ2v) is 3.43. The Morgan fingerprint density at radius 2 is 1.92 bits per heavy atom. The Morgan fingerprint density at radius 3 is 2.46 bits per heavy atom. The minimum atomic E-state index is 0.719. The van der Waals surface area contributed by atoms with Gasteiger partial charge in [0.15, 0.2) is 0 Å². The van der Waals surface area contributed by atoms with Crippen molar-refractivity contribution < 1.29 is 0 Å². The summed E-state index contributed by atoms with van der Waals surface area (Å²) < 4.78 is 0. The van der Waals surface area contributed by atoms with Crippen molar-refractivity contribution in [2.75, 3.05) is 0 Å². The lowest BCUT2D eigenvalue weighted by Crippen LogP contribution is -1.75. The standard InChI is InChI=1S/C11H10Cl2/c1-2-3-4-11(13)9-5-7-10(12)8-6-9/h2,4-8H,1,3H2/b11-4+. The molecule has 1 aromatic carbocycles. The molecule has 0 saturated carbocycles. The van der Waals surface area contributed by atoms with Gasteiger partial charge in [-0.25, -0.2) is 0 Å². The summed E-state index contributed by atoms with van der Waals surface area (Å²) in [5, 5.41) is 1.45. The van der Waals surface area contributed by atoms with Gasteiger partial charge in [-0.2, -0.15) is 0 Å². The minimum Gasteiger partial charge on any atom is -0.103 e. The molecule has 0 nitrogen and oxygen atoms in total. The van der Waals surface area contributed by atoms with Crippen LogP contribution in [0.15, 0.2) is 43.0 Å². The van der Waals surface area contributed by atoms with Gasteiger partial charge < -0.3 is 0 Å². The minimum absolute atomic E-state index is 0.719. The first-order chi connectivity index (χ1) is 6.24. The molecular weight excluding hydrogens is 203 g/mol. The molecule has 0 fully saturated rings. The number of halogens is 2. The van der Waals surface area contributed by atoms with Crippen molar-refractivity contribution >= 4 is 28.2 Å². The average molecular weight is 213 g/mol. The Hall–Kier alpha value is -0.720. The molecule has 68 valence electrons. The zero-order chi connectivity index (χ0) is 9.68. The summed E-state index contributed by atoms with van der Waals surface area (Å²) in [6.45, 7) is 3.62. The van der Waals surface area contributed by atoms with Crippen LogP contribution in [-0.4, -0.2) is 0 Å². The average Bonchev–Trinajstić information content (AvgIpc) is 2.15. The molecule has 0 amide bonds. The molecular formula is C11H10Cl2. The number of rotatable bonds is 3. The van der Waals surface area contributed by atoms with Crippen LogP contribution < -0.4 is 0 Å². The maximum absolute atomic E-state index is 6.01. The molecule has 0 N–H and O–H groups in total. The maximum atomic E-state index is 6.01. The van der Waals surface area contributed by atoms with Crippen molar-refractivity contribution in [2.45, 2.75) is 6.42 Å². The smallest absolute Gasteiger partial charge is 0.0441 e. The molecule has 0 unspecified atom stereocenters. The predicted molar refractivity (Wildman–Crippen MR) is 60.1 cm³/mol. The van der Waals surface area contributed by atoms with Gasteiger partial charge in [-0.05, 0) is 24.1 Å². The lowest BCUT2D eigenvalue weighted by molar-refractivity contribution is 1.42. The van der Waals surface area contributed by atoms with Crippen molar-refractivity contribution in [2.24, 2.45) is 0 Å². The lowest BCUT2D eigenvalue weighted by Gasteiger charge is -1.98. The molecule has 1 aromatic rings. The van der Waals surface area contributed by atoms with Gasteiger partial charge in [-0.3, -0.25) is 0 Å². The highest BCUT2D eigenvalue weighted by Crippen LogP contribution is 2.21. The summed E-state index contributed by atoms with van der Waals surface area (Å²) in [6.07, 6.45) is 4.50. The fraction of sp³-hybridized carbons (Fsp3) is 0.0909. The zero-order valence-corrected chi connectivity index (χ0v) is 8.65. The van der Waals surface area contributed by atoms with Gasteiger partial charge in [0.25, 0.3) is 0 Å². The van der Waals surface area contributed by atoms with Crippen LogP contribution in [0.2, 0.25) is 5.02 Å². The number of benzene rings is 1. The van der Waals surface area contributed by atoms with E-state index < -0.39 is 0 Å². The van der Waals surface area contributed by atoms with Gasteiger partial charge in [0.05, 0.1) is 0 Å². The summed E-state index contributed by atoms with van der Waals surface area (Å²) in [5.41, 5.74) is 0.980. The van der Waals surface area contributed by atoms with Crippen molar-refractivity contribution in [3.05, 3.63) is 53.6 Å². The molecule has 0 heterocycles. The molecule has 0 aliphatic heterocycles. The molecule has 2 heteroatoms. The summed E-state index contributed by atoms with van der Waals surface area (Å²) >= 11 is 11.7. The van der Waals surface area contributed by atoms with Crippen LogP contribution in [0.25, 0.3) is 5.03 Å². The number of hydrogen-bond acceptors (Lipinski definition) is 0. The Balaban J connectivity index is 2.82. The Morgan fingerprint density at radius 1 is 1.31 bits per heavy atom. The summed E-state index contributed by atoms with van der Waals surface area (Å²) in [4.78, 5) is 0. The second kappa shape index (κ2) is 5.11. The van der Waals surface area contributed by atoms with Crippen LogP contribution in [0.4, 0.5) is 0 Å². The van der Waals surface area contributed by atoms with Gasteiger partial charge in [-0.1, -0.05) is 47.5 Å². The van der Waals surface area contributed by atoms with Crippen LogP contribution in [0.3, 0.4) is 0 Å². The van der Waals surface area contributed by atoms with E-state index in [4.69, 9.17) is 23.2 Å². The highest BCUT2D eigenvalue weighted by Gasteiger charge is 1.95. The van der Waals surface area contributed by atoms with Crippen molar-refractivity contribution in [1.29, 1.82) is 0 Å². The molecule has 0 aliphatic rings. The number of allylic oxidation sites excluding steroid dienone is 2. The van der Waals surface area contributed by atoms with Gasteiger partial charge in [0.2, 0.25) is 0 Å². The van der Waals surface area contributed by atoms with E-state index in [1.807, 2.05) is 30.3 Å². The SMILES string of the molecule is C=CC/C=C(/Cl)c1ccc(Cl)cc1. The van der Waals surface area contributed by atoms with Crippen molar-refractivity contribution in [3.8, 4) is 0 Å². The van der Waals surface area contributed by atoms with E-state index in [9.17, 15) is 0 Å². The van der Waals surface area contributed by atoms with Crippen LogP contribution >= 0.6 is 23.2 Å². The Bertz CT molecular complexity index is 309. The fourth-order valence-corrected chi connectivity index (χ4v) is 1.25. The molecule has 0 atom stereocenters. The monoisotopic (exact) mass is 212 g/mol. The quantitative estimate of drug-likeness (QED) is 0.648. The predicted octanol–water partition coefficient (Wildman–Crippen LogP) is 4.50. The molecule has 0 aromatic heterocycles. The fourth-order valence-electron chi connectivity index (χ4n) is 0.914. The lowest BCUT2D eigenvalue weighted by atomic mass is 10.2.